The Balaban J connectivity index is 1.12. The first-order valence-electron chi connectivity index (χ1n) is 13.1. The summed E-state index contributed by atoms with van der Waals surface area (Å²) in [5.41, 5.74) is 7.77. The zero-order chi connectivity index (χ0) is 25.5. The third kappa shape index (κ3) is 6.43. The molecule has 2 heterocycles. The summed E-state index contributed by atoms with van der Waals surface area (Å²) in [6, 6.07) is 24.5. The maximum Gasteiger partial charge on any atom is 0.248 e. The van der Waals surface area contributed by atoms with E-state index in [2.05, 4.69) is 63.1 Å². The van der Waals surface area contributed by atoms with Crippen LogP contribution < -0.4 is 5.32 Å². The normalized spacial score (nSPS) is 14.2. The van der Waals surface area contributed by atoms with E-state index in [1.54, 1.807) is 6.08 Å². The fourth-order valence-corrected chi connectivity index (χ4v) is 5.03. The number of carbonyl (C=O) groups excluding carboxylic acids is 1. The van der Waals surface area contributed by atoms with Crippen molar-refractivity contribution >= 4 is 34.3 Å². The molecule has 0 bridgehead atoms. The number of nitrogens with zero attached hydrogens (tertiary/aromatic N) is 3. The molecule has 37 heavy (non-hydrogen) atoms. The number of imidazole rings is 1. The SMILES string of the molecule is Cc1cc(NC(=O)C=Cc2ccccc2)cc2ncn(CCCCN3CC=C(c4ccccc4)CC3)c12. The Kier molecular flexibility index (Phi) is 7.92. The number of hydrogen-bond donors (Lipinski definition) is 1. The molecule has 5 nitrogen and oxygen atoms in total. The Labute approximate surface area is 219 Å². The van der Waals surface area contributed by atoms with E-state index in [4.69, 9.17) is 0 Å². The van der Waals surface area contributed by atoms with E-state index in [-0.39, 0.29) is 5.91 Å². The summed E-state index contributed by atoms with van der Waals surface area (Å²) < 4.78 is 2.25. The Hall–Kier alpha value is -3.96. The number of anilines is 1. The molecule has 0 fully saturated rings. The molecular formula is C32H34N4O. The first kappa shape index (κ1) is 24.7. The predicted molar refractivity (Wildman–Crippen MR) is 153 cm³/mol. The van der Waals surface area contributed by atoms with Crippen molar-refractivity contribution in [1.82, 2.24) is 14.5 Å². The summed E-state index contributed by atoms with van der Waals surface area (Å²) in [5.74, 6) is -0.148. The number of unbranched alkanes of at least 4 members (excludes halogenated alkanes) is 1. The zero-order valence-electron chi connectivity index (χ0n) is 21.4. The lowest BCUT2D eigenvalue weighted by atomic mass is 9.99. The third-order valence-corrected chi connectivity index (χ3v) is 6.96. The van der Waals surface area contributed by atoms with Crippen LogP contribution in [0.2, 0.25) is 0 Å². The van der Waals surface area contributed by atoms with Crippen LogP contribution in [0.5, 0.6) is 0 Å². The summed E-state index contributed by atoms with van der Waals surface area (Å²) in [4.78, 5) is 19.6. The molecule has 1 aliphatic rings. The predicted octanol–water partition coefficient (Wildman–Crippen LogP) is 6.57. The van der Waals surface area contributed by atoms with Crippen molar-refractivity contribution in [2.24, 2.45) is 0 Å². The molecule has 188 valence electrons. The van der Waals surface area contributed by atoms with Crippen LogP contribution in [0.1, 0.15) is 36.0 Å². The number of carbonyl (C=O) groups is 1. The molecule has 0 atom stereocenters. The Morgan fingerprint density at radius 2 is 1.76 bits per heavy atom. The number of benzene rings is 3. The number of fused-ring (bicyclic) bond motifs is 1. The Morgan fingerprint density at radius 1 is 1.00 bits per heavy atom. The number of aromatic nitrogens is 2. The fourth-order valence-electron chi connectivity index (χ4n) is 5.03. The lowest BCUT2D eigenvalue weighted by Crippen LogP contribution is -2.29. The number of hydrogen-bond acceptors (Lipinski definition) is 3. The lowest BCUT2D eigenvalue weighted by molar-refractivity contribution is -0.111. The van der Waals surface area contributed by atoms with Crippen molar-refractivity contribution in [2.45, 2.75) is 32.7 Å². The minimum atomic E-state index is -0.148. The maximum absolute atomic E-state index is 12.4. The molecule has 0 saturated heterocycles. The molecule has 5 heteroatoms. The third-order valence-electron chi connectivity index (χ3n) is 6.96. The zero-order valence-corrected chi connectivity index (χ0v) is 21.4. The van der Waals surface area contributed by atoms with Crippen molar-refractivity contribution in [2.75, 3.05) is 25.0 Å². The van der Waals surface area contributed by atoms with E-state index < -0.39 is 0 Å². The van der Waals surface area contributed by atoms with Gasteiger partial charge in [0, 0.05) is 31.4 Å². The molecule has 0 radical (unpaired) electrons. The number of nitrogens with one attached hydrogen (secondary N) is 1. The summed E-state index contributed by atoms with van der Waals surface area (Å²) >= 11 is 0. The van der Waals surface area contributed by atoms with Crippen molar-refractivity contribution in [3.05, 3.63) is 108 Å². The Bertz CT molecular complexity index is 1400. The first-order chi connectivity index (χ1) is 18.2. The summed E-state index contributed by atoms with van der Waals surface area (Å²) in [7, 11) is 0. The van der Waals surface area contributed by atoms with Crippen LogP contribution in [-0.2, 0) is 11.3 Å². The van der Waals surface area contributed by atoms with Crippen molar-refractivity contribution in [3.8, 4) is 0 Å². The second kappa shape index (κ2) is 11.8. The van der Waals surface area contributed by atoms with Gasteiger partial charge in [0.05, 0.1) is 17.4 Å². The molecule has 1 amide bonds. The molecule has 5 rings (SSSR count). The monoisotopic (exact) mass is 490 g/mol. The fraction of sp³-hybridized carbons (Fsp3) is 0.250. The maximum atomic E-state index is 12.4. The molecule has 1 aromatic heterocycles. The van der Waals surface area contributed by atoms with Gasteiger partial charge in [0.2, 0.25) is 5.91 Å². The molecule has 0 spiro atoms. The van der Waals surface area contributed by atoms with Crippen molar-refractivity contribution in [3.63, 3.8) is 0 Å². The largest absolute Gasteiger partial charge is 0.330 e. The molecule has 1 aliphatic heterocycles. The minimum absolute atomic E-state index is 0.148. The van der Waals surface area contributed by atoms with Gasteiger partial charge in [-0.3, -0.25) is 9.69 Å². The van der Waals surface area contributed by atoms with Gasteiger partial charge in [-0.05, 0) is 73.2 Å². The van der Waals surface area contributed by atoms with E-state index in [0.717, 1.165) is 73.3 Å². The molecule has 0 aliphatic carbocycles. The van der Waals surface area contributed by atoms with Crippen LogP contribution >= 0.6 is 0 Å². The second-order valence-electron chi connectivity index (χ2n) is 9.69. The van der Waals surface area contributed by atoms with Crippen molar-refractivity contribution < 1.29 is 4.79 Å². The molecular weight excluding hydrogens is 456 g/mol. The summed E-state index contributed by atoms with van der Waals surface area (Å²) in [6.07, 6.45) is 11.1. The van der Waals surface area contributed by atoms with Crippen LogP contribution in [0.15, 0.2) is 91.3 Å². The van der Waals surface area contributed by atoms with Gasteiger partial charge in [-0.2, -0.15) is 0 Å². The smallest absolute Gasteiger partial charge is 0.248 e. The van der Waals surface area contributed by atoms with Crippen LogP contribution in [0.25, 0.3) is 22.7 Å². The number of rotatable bonds is 9. The van der Waals surface area contributed by atoms with E-state index in [1.165, 1.54) is 11.1 Å². The van der Waals surface area contributed by atoms with Gasteiger partial charge >= 0.3 is 0 Å². The van der Waals surface area contributed by atoms with Gasteiger partial charge in [0.25, 0.3) is 0 Å². The van der Waals surface area contributed by atoms with Gasteiger partial charge in [0.1, 0.15) is 0 Å². The van der Waals surface area contributed by atoms with Crippen LogP contribution in [0.4, 0.5) is 5.69 Å². The van der Waals surface area contributed by atoms with E-state index >= 15 is 0 Å². The van der Waals surface area contributed by atoms with Crippen molar-refractivity contribution in [1.29, 1.82) is 0 Å². The van der Waals surface area contributed by atoms with Gasteiger partial charge in [-0.25, -0.2) is 4.98 Å². The lowest BCUT2D eigenvalue weighted by Gasteiger charge is -2.26. The molecule has 3 aromatic carbocycles. The highest BCUT2D eigenvalue weighted by atomic mass is 16.1. The van der Waals surface area contributed by atoms with Gasteiger partial charge in [-0.1, -0.05) is 66.7 Å². The van der Waals surface area contributed by atoms with Crippen LogP contribution in [-0.4, -0.2) is 40.0 Å². The van der Waals surface area contributed by atoms with E-state index in [9.17, 15) is 4.79 Å². The second-order valence-corrected chi connectivity index (χ2v) is 9.69. The summed E-state index contributed by atoms with van der Waals surface area (Å²) in [6.45, 7) is 6.31. The quantitative estimate of drug-likeness (QED) is 0.213. The van der Waals surface area contributed by atoms with Crippen LogP contribution in [0.3, 0.4) is 0 Å². The van der Waals surface area contributed by atoms with Gasteiger partial charge in [0.15, 0.2) is 0 Å². The molecule has 0 saturated carbocycles. The molecule has 4 aromatic rings. The highest BCUT2D eigenvalue weighted by molar-refractivity contribution is 6.03. The average Bonchev–Trinajstić information content (AvgIpc) is 3.35. The molecule has 0 unspecified atom stereocenters. The highest BCUT2D eigenvalue weighted by Gasteiger charge is 2.13. The first-order valence-corrected chi connectivity index (χ1v) is 13.1. The topological polar surface area (TPSA) is 50.2 Å². The standard InChI is InChI=1S/C32H34N4O/c1-25-22-29(34-31(37)15-14-26-10-4-2-5-11-26)23-30-32(25)36(24-33-30)19-9-8-18-35-20-16-28(17-21-35)27-12-6-3-7-13-27/h2-7,10-16,22-24H,8-9,17-21H2,1H3,(H,34,37). The minimum Gasteiger partial charge on any atom is -0.330 e. The van der Waals surface area contributed by atoms with Crippen LogP contribution in [0, 0.1) is 6.92 Å². The number of amides is 1. The van der Waals surface area contributed by atoms with Gasteiger partial charge < -0.3 is 9.88 Å². The Morgan fingerprint density at radius 3 is 2.51 bits per heavy atom. The van der Waals surface area contributed by atoms with E-state index in [1.807, 2.05) is 54.9 Å². The van der Waals surface area contributed by atoms with E-state index in [0.29, 0.717) is 0 Å². The number of aryl methyl sites for hydroxylation is 2. The summed E-state index contributed by atoms with van der Waals surface area (Å²) in [5, 5.41) is 2.97. The molecule has 1 N–H and O–H groups in total. The highest BCUT2D eigenvalue weighted by Crippen LogP contribution is 2.24. The van der Waals surface area contributed by atoms with Gasteiger partial charge in [-0.15, -0.1) is 0 Å². The average molecular weight is 491 g/mol.